The number of β-amino-alcohol motifs (C(OH)–C–C–N with tert-alkyl or cyclic N) is 1. The monoisotopic (exact) mass is 433 g/mol. The van der Waals surface area contributed by atoms with Gasteiger partial charge in [-0.05, 0) is 42.7 Å². The van der Waals surface area contributed by atoms with Crippen LogP contribution in [0.15, 0.2) is 42.7 Å². The van der Waals surface area contributed by atoms with Crippen LogP contribution in [0.25, 0.3) is 22.2 Å². The van der Waals surface area contributed by atoms with Gasteiger partial charge in [0, 0.05) is 18.7 Å². The van der Waals surface area contributed by atoms with Gasteiger partial charge in [0.2, 0.25) is 5.91 Å². The fraction of sp³-hybridized carbons (Fsp3) is 0.364. The van der Waals surface area contributed by atoms with Crippen LogP contribution in [0.1, 0.15) is 18.4 Å². The van der Waals surface area contributed by atoms with E-state index in [1.807, 2.05) is 0 Å². The molecule has 1 N–H and O–H groups in total. The molecule has 1 atom stereocenters. The molecule has 1 amide bonds. The third-order valence-corrected chi connectivity index (χ3v) is 5.52. The highest BCUT2D eigenvalue weighted by Crippen LogP contribution is 2.37. The number of imidazole rings is 1. The molecule has 2 heterocycles. The molecule has 1 aliphatic heterocycles. The molecule has 1 saturated heterocycles. The van der Waals surface area contributed by atoms with E-state index in [1.165, 1.54) is 13.2 Å². The average molecular weight is 433 g/mol. The van der Waals surface area contributed by atoms with Crippen molar-refractivity contribution in [2.75, 3.05) is 20.2 Å². The van der Waals surface area contributed by atoms with Crippen LogP contribution >= 0.6 is 0 Å². The number of aliphatic hydroxyl groups excluding tert-OH is 1. The van der Waals surface area contributed by atoms with Crippen LogP contribution < -0.4 is 4.74 Å². The molecule has 0 aliphatic carbocycles. The molecule has 0 saturated carbocycles. The maximum atomic E-state index is 13.0. The summed E-state index contributed by atoms with van der Waals surface area (Å²) in [6.45, 7) is 0.993. The van der Waals surface area contributed by atoms with Crippen molar-refractivity contribution in [1.29, 1.82) is 0 Å². The van der Waals surface area contributed by atoms with Gasteiger partial charge in [-0.2, -0.15) is 13.2 Å². The van der Waals surface area contributed by atoms with Gasteiger partial charge in [0.25, 0.3) is 0 Å². The number of halogens is 3. The summed E-state index contributed by atoms with van der Waals surface area (Å²) >= 11 is 0. The lowest BCUT2D eigenvalue weighted by atomic mass is 10.0. The summed E-state index contributed by atoms with van der Waals surface area (Å²) in [5.74, 6) is -0.00538. The Balaban J connectivity index is 1.65. The van der Waals surface area contributed by atoms with E-state index in [-0.39, 0.29) is 18.2 Å². The molecular weight excluding hydrogens is 411 g/mol. The Kier molecular flexibility index (Phi) is 5.62. The third kappa shape index (κ3) is 4.36. The van der Waals surface area contributed by atoms with Gasteiger partial charge in [-0.15, -0.1) is 0 Å². The first-order chi connectivity index (χ1) is 14.8. The van der Waals surface area contributed by atoms with Crippen LogP contribution in [0.5, 0.6) is 5.75 Å². The fourth-order valence-electron chi connectivity index (χ4n) is 3.88. The molecular formula is C22H22F3N3O3. The summed E-state index contributed by atoms with van der Waals surface area (Å²) in [5, 5.41) is 9.81. The van der Waals surface area contributed by atoms with E-state index in [1.54, 1.807) is 34.0 Å². The van der Waals surface area contributed by atoms with Crippen LogP contribution in [-0.4, -0.2) is 51.8 Å². The lowest BCUT2D eigenvalue weighted by Gasteiger charge is -2.30. The normalized spacial score (nSPS) is 17.2. The number of nitrogens with zero attached hydrogens (tertiary/aromatic N) is 3. The summed E-state index contributed by atoms with van der Waals surface area (Å²) in [6, 6.07) is 8.67. The summed E-state index contributed by atoms with van der Waals surface area (Å²) in [6.07, 6.45) is -1.95. The molecule has 2 aromatic carbocycles. The second-order valence-corrected chi connectivity index (χ2v) is 7.62. The van der Waals surface area contributed by atoms with E-state index in [0.717, 1.165) is 18.6 Å². The van der Waals surface area contributed by atoms with Gasteiger partial charge in [-0.25, -0.2) is 4.98 Å². The topological polar surface area (TPSA) is 67.6 Å². The van der Waals surface area contributed by atoms with Crippen LogP contribution in [0.4, 0.5) is 13.2 Å². The minimum Gasteiger partial charge on any atom is -0.496 e. The van der Waals surface area contributed by atoms with Gasteiger partial charge in [0.1, 0.15) is 12.3 Å². The van der Waals surface area contributed by atoms with Gasteiger partial charge in [0.15, 0.2) is 0 Å². The average Bonchev–Trinajstić information content (AvgIpc) is 3.14. The molecule has 164 valence electrons. The van der Waals surface area contributed by atoms with E-state index >= 15 is 0 Å². The second-order valence-electron chi connectivity index (χ2n) is 7.62. The summed E-state index contributed by atoms with van der Waals surface area (Å²) in [4.78, 5) is 18.6. The zero-order valence-electron chi connectivity index (χ0n) is 16.9. The third-order valence-electron chi connectivity index (χ3n) is 5.52. The Bertz CT molecular complexity index is 1110. The van der Waals surface area contributed by atoms with Gasteiger partial charge >= 0.3 is 6.18 Å². The Labute approximate surface area is 176 Å². The zero-order valence-corrected chi connectivity index (χ0v) is 16.9. The highest BCUT2D eigenvalue weighted by atomic mass is 19.4. The predicted molar refractivity (Wildman–Crippen MR) is 109 cm³/mol. The molecule has 0 unspecified atom stereocenters. The van der Waals surface area contributed by atoms with Crippen LogP contribution in [0.2, 0.25) is 0 Å². The number of methoxy groups -OCH3 is 1. The number of fused-ring (bicyclic) bond motifs is 1. The standard InChI is InChI=1S/C22H22F3N3O3/c1-31-20-10-15(22(23,24)25)5-6-17(20)14-4-7-18-19(9-14)28(13-26-18)12-21(30)27-8-2-3-16(29)11-27/h4-7,9-10,13,16,29H,2-3,8,11-12H2,1H3/t16-/m1/s1. The van der Waals surface area contributed by atoms with Gasteiger partial charge in [0.05, 0.1) is 36.1 Å². The number of alkyl halides is 3. The van der Waals surface area contributed by atoms with Crippen molar-refractivity contribution in [3.8, 4) is 16.9 Å². The number of benzene rings is 2. The fourth-order valence-corrected chi connectivity index (χ4v) is 3.88. The number of piperidine rings is 1. The minimum absolute atomic E-state index is 0.0663. The number of rotatable bonds is 4. The quantitative estimate of drug-likeness (QED) is 0.681. The van der Waals surface area contributed by atoms with Crippen molar-refractivity contribution >= 4 is 16.9 Å². The predicted octanol–water partition coefficient (Wildman–Crippen LogP) is 3.71. The Morgan fingerprint density at radius 2 is 2.06 bits per heavy atom. The number of hydrogen-bond donors (Lipinski definition) is 1. The summed E-state index contributed by atoms with van der Waals surface area (Å²) in [5.41, 5.74) is 1.73. The van der Waals surface area contributed by atoms with Gasteiger partial charge in [-0.3, -0.25) is 4.79 Å². The zero-order chi connectivity index (χ0) is 22.2. The number of likely N-dealkylation sites (tertiary alicyclic amines) is 1. The lowest BCUT2D eigenvalue weighted by Crippen LogP contribution is -2.43. The largest absolute Gasteiger partial charge is 0.496 e. The van der Waals surface area contributed by atoms with E-state index in [9.17, 15) is 23.1 Å². The number of aliphatic hydroxyl groups is 1. The molecule has 1 aromatic heterocycles. The molecule has 3 aromatic rings. The maximum Gasteiger partial charge on any atom is 0.416 e. The highest BCUT2D eigenvalue weighted by Gasteiger charge is 2.31. The minimum atomic E-state index is -4.46. The first kappa shape index (κ1) is 21.2. The highest BCUT2D eigenvalue weighted by molar-refractivity contribution is 5.85. The molecule has 0 radical (unpaired) electrons. The van der Waals surface area contributed by atoms with Crippen LogP contribution in [-0.2, 0) is 17.5 Å². The number of amides is 1. The Morgan fingerprint density at radius 1 is 1.26 bits per heavy atom. The molecule has 4 rings (SSSR count). The van der Waals surface area contributed by atoms with E-state index < -0.39 is 17.8 Å². The number of carbonyl (C=O) groups excluding carboxylic acids is 1. The van der Waals surface area contributed by atoms with Crippen LogP contribution in [0.3, 0.4) is 0 Å². The molecule has 1 aliphatic rings. The smallest absolute Gasteiger partial charge is 0.416 e. The molecule has 0 bridgehead atoms. The van der Waals surface area contributed by atoms with Crippen LogP contribution in [0, 0.1) is 0 Å². The Morgan fingerprint density at radius 3 is 2.77 bits per heavy atom. The van der Waals surface area contributed by atoms with Gasteiger partial charge in [-0.1, -0.05) is 12.1 Å². The van der Waals surface area contributed by atoms with Crippen molar-refractivity contribution in [3.05, 3.63) is 48.3 Å². The number of carbonyl (C=O) groups is 1. The maximum absolute atomic E-state index is 13.0. The van der Waals surface area contributed by atoms with Gasteiger partial charge < -0.3 is 19.3 Å². The first-order valence-electron chi connectivity index (χ1n) is 9.92. The first-order valence-corrected chi connectivity index (χ1v) is 9.92. The van der Waals surface area contributed by atoms with Crippen molar-refractivity contribution in [2.45, 2.75) is 31.7 Å². The summed E-state index contributed by atoms with van der Waals surface area (Å²) < 4.78 is 46.0. The second kappa shape index (κ2) is 8.22. The number of ether oxygens (including phenoxy) is 1. The molecule has 9 heteroatoms. The molecule has 0 spiro atoms. The number of aromatic nitrogens is 2. The SMILES string of the molecule is COc1cc(C(F)(F)F)ccc1-c1ccc2ncn(CC(=O)N3CCC[C@@H](O)C3)c2c1. The molecule has 6 nitrogen and oxygen atoms in total. The molecule has 31 heavy (non-hydrogen) atoms. The van der Waals surface area contributed by atoms with Crippen molar-refractivity contribution in [3.63, 3.8) is 0 Å². The van der Waals surface area contributed by atoms with Crippen molar-refractivity contribution < 1.29 is 27.8 Å². The van der Waals surface area contributed by atoms with Crippen molar-refractivity contribution in [1.82, 2.24) is 14.5 Å². The van der Waals surface area contributed by atoms with E-state index in [4.69, 9.17) is 4.74 Å². The van der Waals surface area contributed by atoms with E-state index in [2.05, 4.69) is 4.98 Å². The summed E-state index contributed by atoms with van der Waals surface area (Å²) in [7, 11) is 1.33. The number of hydrogen-bond acceptors (Lipinski definition) is 4. The Hall–Kier alpha value is -3.07. The van der Waals surface area contributed by atoms with E-state index in [0.29, 0.717) is 41.7 Å². The van der Waals surface area contributed by atoms with Crippen molar-refractivity contribution in [2.24, 2.45) is 0 Å². The lowest BCUT2D eigenvalue weighted by molar-refractivity contribution is -0.137. The molecule has 1 fully saturated rings.